The standard InChI is InChI=1S/C14H20N4/c1-3-14(2,15)9-13-11-18(17-16-13)10-12-7-5-4-6-8-12/h4-8,11H,3,9-10,15H2,1-2H3. The number of nitrogens with zero attached hydrogens (tertiary/aromatic N) is 3. The molecule has 0 radical (unpaired) electrons. The van der Waals surface area contributed by atoms with E-state index >= 15 is 0 Å². The van der Waals surface area contributed by atoms with Crippen LogP contribution in [0, 0.1) is 0 Å². The van der Waals surface area contributed by atoms with E-state index in [1.165, 1.54) is 5.56 Å². The molecule has 0 bridgehead atoms. The molecule has 1 atom stereocenters. The first-order valence-electron chi connectivity index (χ1n) is 6.31. The van der Waals surface area contributed by atoms with E-state index in [2.05, 4.69) is 29.4 Å². The summed E-state index contributed by atoms with van der Waals surface area (Å²) in [6.07, 6.45) is 3.67. The monoisotopic (exact) mass is 244 g/mol. The van der Waals surface area contributed by atoms with Gasteiger partial charge in [0.1, 0.15) is 0 Å². The summed E-state index contributed by atoms with van der Waals surface area (Å²) in [4.78, 5) is 0. The number of hydrogen-bond donors (Lipinski definition) is 1. The fourth-order valence-corrected chi connectivity index (χ4v) is 1.81. The quantitative estimate of drug-likeness (QED) is 0.875. The Morgan fingerprint density at radius 1 is 1.28 bits per heavy atom. The van der Waals surface area contributed by atoms with E-state index in [9.17, 15) is 0 Å². The van der Waals surface area contributed by atoms with Gasteiger partial charge in [-0.3, -0.25) is 0 Å². The zero-order valence-electron chi connectivity index (χ0n) is 11.0. The van der Waals surface area contributed by atoms with Crippen molar-refractivity contribution < 1.29 is 0 Å². The van der Waals surface area contributed by atoms with Gasteiger partial charge >= 0.3 is 0 Å². The number of aromatic nitrogens is 3. The van der Waals surface area contributed by atoms with Crippen LogP contribution in [0.2, 0.25) is 0 Å². The molecule has 1 heterocycles. The summed E-state index contributed by atoms with van der Waals surface area (Å²) in [5, 5.41) is 8.32. The summed E-state index contributed by atoms with van der Waals surface area (Å²) in [7, 11) is 0. The number of rotatable bonds is 5. The van der Waals surface area contributed by atoms with E-state index in [1.807, 2.05) is 36.0 Å². The van der Waals surface area contributed by atoms with Gasteiger partial charge in [0, 0.05) is 18.2 Å². The molecule has 1 unspecified atom stereocenters. The highest BCUT2D eigenvalue weighted by molar-refractivity contribution is 5.15. The lowest BCUT2D eigenvalue weighted by atomic mass is 9.95. The lowest BCUT2D eigenvalue weighted by molar-refractivity contribution is 0.445. The molecule has 0 fully saturated rings. The van der Waals surface area contributed by atoms with Crippen molar-refractivity contribution in [1.29, 1.82) is 0 Å². The van der Waals surface area contributed by atoms with Crippen LogP contribution in [0.25, 0.3) is 0 Å². The Labute approximate surface area is 108 Å². The van der Waals surface area contributed by atoms with Crippen molar-refractivity contribution in [2.45, 2.75) is 38.8 Å². The molecular formula is C14H20N4. The van der Waals surface area contributed by atoms with Crippen LogP contribution < -0.4 is 5.73 Å². The molecule has 0 saturated heterocycles. The van der Waals surface area contributed by atoms with Gasteiger partial charge in [-0.15, -0.1) is 5.10 Å². The first-order chi connectivity index (χ1) is 8.59. The van der Waals surface area contributed by atoms with Crippen molar-refractivity contribution in [2.75, 3.05) is 0 Å². The van der Waals surface area contributed by atoms with E-state index in [-0.39, 0.29) is 5.54 Å². The Bertz CT molecular complexity index is 488. The van der Waals surface area contributed by atoms with E-state index in [0.29, 0.717) is 0 Å². The molecule has 1 aromatic heterocycles. The molecule has 2 rings (SSSR count). The van der Waals surface area contributed by atoms with Crippen LogP contribution in [0.3, 0.4) is 0 Å². The van der Waals surface area contributed by atoms with Crippen LogP contribution in [0.1, 0.15) is 31.5 Å². The zero-order chi connectivity index (χ0) is 13.0. The van der Waals surface area contributed by atoms with Gasteiger partial charge in [0.15, 0.2) is 0 Å². The predicted octanol–water partition coefficient (Wildman–Crippen LogP) is 2.00. The fraction of sp³-hybridized carbons (Fsp3) is 0.429. The van der Waals surface area contributed by atoms with Gasteiger partial charge in [-0.2, -0.15) is 0 Å². The maximum atomic E-state index is 6.13. The third-order valence-electron chi connectivity index (χ3n) is 3.17. The maximum Gasteiger partial charge on any atom is 0.0845 e. The summed E-state index contributed by atoms with van der Waals surface area (Å²) in [5.41, 5.74) is 8.11. The molecule has 0 saturated carbocycles. The van der Waals surface area contributed by atoms with E-state index in [4.69, 9.17) is 5.73 Å². The average molecular weight is 244 g/mol. The van der Waals surface area contributed by atoms with Crippen LogP contribution >= 0.6 is 0 Å². The van der Waals surface area contributed by atoms with Crippen molar-refractivity contribution in [3.63, 3.8) is 0 Å². The summed E-state index contributed by atoms with van der Waals surface area (Å²) in [6.45, 7) is 4.89. The molecule has 0 spiro atoms. The van der Waals surface area contributed by atoms with Crippen molar-refractivity contribution in [3.8, 4) is 0 Å². The van der Waals surface area contributed by atoms with Crippen LogP contribution in [-0.4, -0.2) is 20.5 Å². The summed E-state index contributed by atoms with van der Waals surface area (Å²) in [6, 6.07) is 10.2. The third-order valence-corrected chi connectivity index (χ3v) is 3.17. The first-order valence-corrected chi connectivity index (χ1v) is 6.31. The van der Waals surface area contributed by atoms with E-state index in [0.717, 1.165) is 25.1 Å². The molecule has 96 valence electrons. The SMILES string of the molecule is CCC(C)(N)Cc1cn(Cc2ccccc2)nn1. The topological polar surface area (TPSA) is 56.7 Å². The molecule has 2 aromatic rings. The maximum absolute atomic E-state index is 6.13. The Hall–Kier alpha value is -1.68. The Morgan fingerprint density at radius 2 is 2.00 bits per heavy atom. The largest absolute Gasteiger partial charge is 0.325 e. The Kier molecular flexibility index (Phi) is 3.77. The van der Waals surface area contributed by atoms with Crippen molar-refractivity contribution >= 4 is 0 Å². The van der Waals surface area contributed by atoms with Gasteiger partial charge in [-0.1, -0.05) is 42.5 Å². The lowest BCUT2D eigenvalue weighted by Gasteiger charge is -2.20. The highest BCUT2D eigenvalue weighted by Crippen LogP contribution is 2.12. The van der Waals surface area contributed by atoms with Gasteiger partial charge in [0.25, 0.3) is 0 Å². The van der Waals surface area contributed by atoms with Crippen LogP contribution in [0.5, 0.6) is 0 Å². The van der Waals surface area contributed by atoms with Gasteiger partial charge in [-0.25, -0.2) is 4.68 Å². The minimum Gasteiger partial charge on any atom is -0.325 e. The fourth-order valence-electron chi connectivity index (χ4n) is 1.81. The third kappa shape index (κ3) is 3.40. The predicted molar refractivity (Wildman–Crippen MR) is 72.2 cm³/mol. The molecule has 4 heteroatoms. The second kappa shape index (κ2) is 5.31. The minimum atomic E-state index is -0.201. The molecule has 2 N–H and O–H groups in total. The molecule has 0 aliphatic heterocycles. The van der Waals surface area contributed by atoms with Crippen LogP contribution in [-0.2, 0) is 13.0 Å². The van der Waals surface area contributed by atoms with Gasteiger partial charge in [0.05, 0.1) is 12.2 Å². The first kappa shape index (κ1) is 12.8. The van der Waals surface area contributed by atoms with Crippen molar-refractivity contribution in [2.24, 2.45) is 5.73 Å². The Morgan fingerprint density at radius 3 is 2.67 bits per heavy atom. The van der Waals surface area contributed by atoms with Gasteiger partial charge in [-0.05, 0) is 18.9 Å². The summed E-state index contributed by atoms with van der Waals surface area (Å²) in [5.74, 6) is 0. The van der Waals surface area contributed by atoms with Crippen molar-refractivity contribution in [3.05, 3.63) is 47.8 Å². The number of benzene rings is 1. The van der Waals surface area contributed by atoms with Gasteiger partial charge < -0.3 is 5.73 Å². The molecule has 0 aliphatic rings. The molecule has 4 nitrogen and oxygen atoms in total. The highest BCUT2D eigenvalue weighted by Gasteiger charge is 2.18. The molecular weight excluding hydrogens is 224 g/mol. The van der Waals surface area contributed by atoms with E-state index < -0.39 is 0 Å². The molecule has 18 heavy (non-hydrogen) atoms. The molecule has 0 amide bonds. The second-order valence-electron chi connectivity index (χ2n) is 5.08. The van der Waals surface area contributed by atoms with E-state index in [1.54, 1.807) is 0 Å². The van der Waals surface area contributed by atoms with Gasteiger partial charge in [0.2, 0.25) is 0 Å². The van der Waals surface area contributed by atoms with Crippen LogP contribution in [0.4, 0.5) is 0 Å². The zero-order valence-corrected chi connectivity index (χ0v) is 11.0. The average Bonchev–Trinajstić information content (AvgIpc) is 2.77. The summed E-state index contributed by atoms with van der Waals surface area (Å²) < 4.78 is 1.86. The Balaban J connectivity index is 2.03. The smallest absolute Gasteiger partial charge is 0.0845 e. The lowest BCUT2D eigenvalue weighted by Crippen LogP contribution is -2.37. The minimum absolute atomic E-state index is 0.201. The molecule has 1 aromatic carbocycles. The number of nitrogens with two attached hydrogens (primary N) is 1. The molecule has 0 aliphatic carbocycles. The van der Waals surface area contributed by atoms with Crippen LogP contribution in [0.15, 0.2) is 36.5 Å². The van der Waals surface area contributed by atoms with Crippen molar-refractivity contribution in [1.82, 2.24) is 15.0 Å². The normalized spacial score (nSPS) is 14.4. The summed E-state index contributed by atoms with van der Waals surface area (Å²) >= 11 is 0. The second-order valence-corrected chi connectivity index (χ2v) is 5.08. The number of hydrogen-bond acceptors (Lipinski definition) is 3. The highest BCUT2D eigenvalue weighted by atomic mass is 15.4.